The average Bonchev–Trinajstić information content (AvgIpc) is 3.10. The largest absolute Gasteiger partial charge is 0.367 e. The van der Waals surface area contributed by atoms with Crippen LogP contribution in [0.4, 0.5) is 5.82 Å². The van der Waals surface area contributed by atoms with Crippen molar-refractivity contribution >= 4 is 21.5 Å². The first-order valence-corrected chi connectivity index (χ1v) is 10.1. The van der Waals surface area contributed by atoms with E-state index in [1.54, 1.807) is 27.2 Å². The highest BCUT2D eigenvalue weighted by molar-refractivity contribution is 7.89. The van der Waals surface area contributed by atoms with Gasteiger partial charge in [0.2, 0.25) is 10.0 Å². The van der Waals surface area contributed by atoms with Gasteiger partial charge in [0.05, 0.1) is 11.1 Å². The Bertz CT molecular complexity index is 1010. The summed E-state index contributed by atoms with van der Waals surface area (Å²) in [5, 5.41) is 7.54. The fourth-order valence-corrected chi connectivity index (χ4v) is 4.67. The average molecular weight is 371 g/mol. The predicted molar refractivity (Wildman–Crippen MR) is 99.6 cm³/mol. The molecule has 1 fully saturated rings. The zero-order chi connectivity index (χ0) is 18.1. The van der Waals surface area contributed by atoms with Crippen LogP contribution in [0.25, 0.3) is 5.65 Å². The first kappa shape index (κ1) is 17.0. The van der Waals surface area contributed by atoms with Gasteiger partial charge in [0.15, 0.2) is 5.65 Å². The molecule has 136 valence electrons. The smallest absolute Gasteiger partial charge is 0.243 e. The van der Waals surface area contributed by atoms with Gasteiger partial charge in [-0.25, -0.2) is 17.9 Å². The quantitative estimate of drug-likeness (QED) is 0.761. The number of sulfonamides is 1. The van der Waals surface area contributed by atoms with Gasteiger partial charge in [-0.3, -0.25) is 0 Å². The van der Waals surface area contributed by atoms with Crippen molar-refractivity contribution in [1.29, 1.82) is 0 Å². The third-order valence-corrected chi connectivity index (χ3v) is 6.64. The maximum absolute atomic E-state index is 12.8. The topological polar surface area (TPSA) is 79.6 Å². The lowest BCUT2D eigenvalue weighted by Crippen LogP contribution is -2.42. The van der Waals surface area contributed by atoms with Crippen LogP contribution in [-0.4, -0.2) is 46.5 Å². The molecular formula is C18H21N5O2S. The number of benzene rings is 1. The minimum Gasteiger partial charge on any atom is -0.367 e. The second kappa shape index (κ2) is 6.69. The SMILES string of the molecule is Cc1ccc(S(=O)(=O)N2CCC(Nc3ccn4nccc4n3)CC2)cc1. The van der Waals surface area contributed by atoms with Crippen molar-refractivity contribution < 1.29 is 8.42 Å². The summed E-state index contributed by atoms with van der Waals surface area (Å²) in [6.45, 7) is 2.95. The lowest BCUT2D eigenvalue weighted by molar-refractivity contribution is 0.329. The molecule has 4 rings (SSSR count). The summed E-state index contributed by atoms with van der Waals surface area (Å²) in [6.07, 6.45) is 5.07. The number of aromatic nitrogens is 3. The predicted octanol–water partition coefficient (Wildman–Crippen LogP) is 2.30. The molecule has 1 N–H and O–H groups in total. The number of anilines is 1. The number of fused-ring (bicyclic) bond motifs is 1. The molecule has 0 saturated carbocycles. The summed E-state index contributed by atoms with van der Waals surface area (Å²) in [4.78, 5) is 4.87. The molecule has 0 atom stereocenters. The molecule has 1 saturated heterocycles. The van der Waals surface area contributed by atoms with Crippen LogP contribution in [0.3, 0.4) is 0 Å². The molecule has 8 heteroatoms. The van der Waals surface area contributed by atoms with Crippen LogP contribution in [0.15, 0.2) is 53.7 Å². The van der Waals surface area contributed by atoms with Gasteiger partial charge in [-0.2, -0.15) is 9.40 Å². The van der Waals surface area contributed by atoms with Crippen molar-refractivity contribution in [1.82, 2.24) is 18.9 Å². The normalized spacial score (nSPS) is 16.8. The summed E-state index contributed by atoms with van der Waals surface area (Å²) in [7, 11) is -3.42. The Hall–Kier alpha value is -2.45. The van der Waals surface area contributed by atoms with Gasteiger partial charge in [-0.15, -0.1) is 0 Å². The Morgan fingerprint density at radius 1 is 1.08 bits per heavy atom. The van der Waals surface area contributed by atoms with Crippen molar-refractivity contribution in [3.8, 4) is 0 Å². The highest BCUT2D eigenvalue weighted by Gasteiger charge is 2.29. The molecule has 0 aliphatic carbocycles. The van der Waals surface area contributed by atoms with Gasteiger partial charge in [0.25, 0.3) is 0 Å². The second-order valence-corrected chi connectivity index (χ2v) is 8.52. The zero-order valence-electron chi connectivity index (χ0n) is 14.5. The van der Waals surface area contributed by atoms with Gasteiger partial charge < -0.3 is 5.32 Å². The standard InChI is InChI=1S/C18H21N5O2S/c1-14-2-4-16(5-3-14)26(24,25)22-11-7-15(8-12-22)20-17-9-13-23-18(21-17)6-10-19-23/h2-6,9-10,13,15H,7-8,11-12H2,1H3,(H,20,21). The third kappa shape index (κ3) is 3.30. The highest BCUT2D eigenvalue weighted by atomic mass is 32.2. The van der Waals surface area contributed by atoms with Gasteiger partial charge in [-0.05, 0) is 38.0 Å². The van der Waals surface area contributed by atoms with E-state index in [0.717, 1.165) is 29.9 Å². The Kier molecular flexibility index (Phi) is 4.37. The maximum atomic E-state index is 12.8. The van der Waals surface area contributed by atoms with E-state index in [-0.39, 0.29) is 6.04 Å². The molecule has 0 spiro atoms. The number of hydrogen-bond donors (Lipinski definition) is 1. The Balaban J connectivity index is 1.41. The van der Waals surface area contributed by atoms with Crippen LogP contribution in [0.5, 0.6) is 0 Å². The number of piperidine rings is 1. The van der Waals surface area contributed by atoms with Crippen molar-refractivity contribution in [2.24, 2.45) is 0 Å². The van der Waals surface area contributed by atoms with Gasteiger partial charge in [0.1, 0.15) is 5.82 Å². The summed E-state index contributed by atoms with van der Waals surface area (Å²) in [5.74, 6) is 0.790. The molecule has 3 heterocycles. The van der Waals surface area contributed by atoms with Crippen LogP contribution in [0.1, 0.15) is 18.4 Å². The molecule has 1 aliphatic heterocycles. The van der Waals surface area contributed by atoms with Crippen LogP contribution in [0, 0.1) is 6.92 Å². The van der Waals surface area contributed by atoms with Crippen LogP contribution in [0.2, 0.25) is 0 Å². The highest BCUT2D eigenvalue weighted by Crippen LogP contribution is 2.22. The molecule has 0 bridgehead atoms. The first-order chi connectivity index (χ1) is 12.5. The minimum atomic E-state index is -3.42. The molecule has 3 aromatic rings. The van der Waals surface area contributed by atoms with Crippen molar-refractivity contribution in [2.75, 3.05) is 18.4 Å². The summed E-state index contributed by atoms with van der Waals surface area (Å²) < 4.78 is 28.8. The molecule has 0 radical (unpaired) electrons. The molecule has 0 unspecified atom stereocenters. The van der Waals surface area contributed by atoms with E-state index in [2.05, 4.69) is 15.4 Å². The number of nitrogens with zero attached hydrogens (tertiary/aromatic N) is 4. The van der Waals surface area contributed by atoms with Crippen molar-refractivity contribution in [3.63, 3.8) is 0 Å². The number of aryl methyl sites for hydroxylation is 1. The fraction of sp³-hybridized carbons (Fsp3) is 0.333. The van der Waals surface area contributed by atoms with E-state index in [4.69, 9.17) is 0 Å². The number of hydrogen-bond acceptors (Lipinski definition) is 5. The van der Waals surface area contributed by atoms with E-state index >= 15 is 0 Å². The van der Waals surface area contributed by atoms with Gasteiger partial charge >= 0.3 is 0 Å². The van der Waals surface area contributed by atoms with E-state index in [9.17, 15) is 8.42 Å². The Morgan fingerprint density at radius 3 is 2.54 bits per heavy atom. The van der Waals surface area contributed by atoms with E-state index in [1.807, 2.05) is 37.4 Å². The minimum absolute atomic E-state index is 0.206. The fourth-order valence-electron chi connectivity index (χ4n) is 3.20. The van der Waals surface area contributed by atoms with Crippen LogP contribution < -0.4 is 5.32 Å². The molecule has 2 aromatic heterocycles. The molecular weight excluding hydrogens is 350 g/mol. The van der Waals surface area contributed by atoms with Gasteiger partial charge in [0, 0.05) is 31.4 Å². The molecule has 0 amide bonds. The number of rotatable bonds is 4. The lowest BCUT2D eigenvalue weighted by Gasteiger charge is -2.31. The summed E-state index contributed by atoms with van der Waals surface area (Å²) in [6, 6.07) is 11.0. The lowest BCUT2D eigenvalue weighted by atomic mass is 10.1. The Labute approximate surface area is 152 Å². The monoisotopic (exact) mass is 371 g/mol. The van der Waals surface area contributed by atoms with Crippen molar-refractivity contribution in [2.45, 2.75) is 30.7 Å². The summed E-state index contributed by atoms with van der Waals surface area (Å²) in [5.41, 5.74) is 1.84. The zero-order valence-corrected chi connectivity index (χ0v) is 15.4. The van der Waals surface area contributed by atoms with E-state index in [0.29, 0.717) is 18.0 Å². The molecule has 1 aliphatic rings. The van der Waals surface area contributed by atoms with E-state index < -0.39 is 10.0 Å². The first-order valence-electron chi connectivity index (χ1n) is 8.66. The Morgan fingerprint density at radius 2 is 1.81 bits per heavy atom. The number of nitrogens with one attached hydrogen (secondary N) is 1. The van der Waals surface area contributed by atoms with Gasteiger partial charge in [-0.1, -0.05) is 17.7 Å². The maximum Gasteiger partial charge on any atom is 0.243 e. The second-order valence-electron chi connectivity index (χ2n) is 6.58. The third-order valence-electron chi connectivity index (χ3n) is 4.72. The summed E-state index contributed by atoms with van der Waals surface area (Å²) >= 11 is 0. The van der Waals surface area contributed by atoms with E-state index in [1.165, 1.54) is 0 Å². The van der Waals surface area contributed by atoms with Crippen LogP contribution >= 0.6 is 0 Å². The molecule has 7 nitrogen and oxygen atoms in total. The van der Waals surface area contributed by atoms with Crippen LogP contribution in [-0.2, 0) is 10.0 Å². The van der Waals surface area contributed by atoms with Crippen molar-refractivity contribution in [3.05, 3.63) is 54.4 Å². The molecule has 1 aromatic carbocycles. The molecule has 26 heavy (non-hydrogen) atoms.